The van der Waals surface area contributed by atoms with Crippen molar-refractivity contribution in [3.05, 3.63) is 71.0 Å². The molecule has 2 nitrogen and oxygen atoms in total. The molecule has 1 N–H and O–H groups in total. The third-order valence-corrected chi connectivity index (χ3v) is 3.65. The van der Waals surface area contributed by atoms with Crippen molar-refractivity contribution in [3.63, 3.8) is 0 Å². The van der Waals surface area contributed by atoms with Gasteiger partial charge >= 0.3 is 0 Å². The molecule has 0 atom stereocenters. The number of hydrogen-bond acceptors (Lipinski definition) is 1. The molecule has 1 amide bonds. The maximum atomic E-state index is 13.5. The van der Waals surface area contributed by atoms with Gasteiger partial charge < -0.3 is 5.32 Å². The number of amides is 1. The minimum absolute atomic E-state index is 0.0693. The van der Waals surface area contributed by atoms with Gasteiger partial charge in [0.1, 0.15) is 5.82 Å². The van der Waals surface area contributed by atoms with Crippen molar-refractivity contribution in [2.24, 2.45) is 0 Å². The SMILES string of the molecule is CC(C)(C)c1ccc(C(=O)NCCc2ccccc2F)cc1. The van der Waals surface area contributed by atoms with E-state index in [2.05, 4.69) is 26.1 Å². The third-order valence-electron chi connectivity index (χ3n) is 3.65. The molecule has 0 spiro atoms. The maximum absolute atomic E-state index is 13.5. The molecule has 0 unspecified atom stereocenters. The second kappa shape index (κ2) is 6.73. The van der Waals surface area contributed by atoms with Crippen LogP contribution in [0.1, 0.15) is 42.3 Å². The second-order valence-corrected chi connectivity index (χ2v) is 6.42. The van der Waals surface area contributed by atoms with E-state index in [0.717, 1.165) is 0 Å². The molecule has 0 aliphatic rings. The number of hydrogen-bond donors (Lipinski definition) is 1. The van der Waals surface area contributed by atoms with E-state index < -0.39 is 0 Å². The number of halogens is 1. The standard InChI is InChI=1S/C19H22FNO/c1-19(2,3)16-10-8-15(9-11-16)18(22)21-13-12-14-6-4-5-7-17(14)20/h4-11H,12-13H2,1-3H3,(H,21,22). The summed E-state index contributed by atoms with van der Waals surface area (Å²) in [6.07, 6.45) is 0.485. The normalized spacial score (nSPS) is 11.3. The molecule has 0 aliphatic carbocycles. The smallest absolute Gasteiger partial charge is 0.251 e. The molecular formula is C19H22FNO. The lowest BCUT2D eigenvalue weighted by atomic mass is 9.87. The first-order chi connectivity index (χ1) is 10.4. The summed E-state index contributed by atoms with van der Waals surface area (Å²) in [5.74, 6) is -0.358. The highest BCUT2D eigenvalue weighted by Crippen LogP contribution is 2.22. The lowest BCUT2D eigenvalue weighted by Gasteiger charge is -2.19. The van der Waals surface area contributed by atoms with Gasteiger partial charge in [0.2, 0.25) is 0 Å². The van der Waals surface area contributed by atoms with Crippen molar-refractivity contribution < 1.29 is 9.18 Å². The van der Waals surface area contributed by atoms with E-state index in [1.807, 2.05) is 24.3 Å². The van der Waals surface area contributed by atoms with Crippen LogP contribution in [-0.2, 0) is 11.8 Å². The maximum Gasteiger partial charge on any atom is 0.251 e. The fourth-order valence-electron chi connectivity index (χ4n) is 2.24. The quantitative estimate of drug-likeness (QED) is 0.905. The first-order valence-corrected chi connectivity index (χ1v) is 7.50. The van der Waals surface area contributed by atoms with Gasteiger partial charge in [0.15, 0.2) is 0 Å². The summed E-state index contributed by atoms with van der Waals surface area (Å²) in [7, 11) is 0. The average molecular weight is 299 g/mol. The number of benzene rings is 2. The molecule has 0 bridgehead atoms. The zero-order chi connectivity index (χ0) is 16.2. The van der Waals surface area contributed by atoms with Gasteiger partial charge in [-0.05, 0) is 41.2 Å². The number of rotatable bonds is 4. The summed E-state index contributed by atoms with van der Waals surface area (Å²) in [5, 5.41) is 2.83. The van der Waals surface area contributed by atoms with Crippen molar-refractivity contribution in [2.45, 2.75) is 32.6 Å². The molecule has 0 aliphatic heterocycles. The molecule has 2 aromatic rings. The second-order valence-electron chi connectivity index (χ2n) is 6.42. The molecule has 0 aromatic heterocycles. The van der Waals surface area contributed by atoms with Crippen molar-refractivity contribution in [1.82, 2.24) is 5.32 Å². The highest BCUT2D eigenvalue weighted by Gasteiger charge is 2.14. The van der Waals surface area contributed by atoms with Crippen LogP contribution in [0.3, 0.4) is 0 Å². The Hall–Kier alpha value is -2.16. The summed E-state index contributed by atoms with van der Waals surface area (Å²) in [6, 6.07) is 14.2. The highest BCUT2D eigenvalue weighted by molar-refractivity contribution is 5.94. The van der Waals surface area contributed by atoms with Crippen LogP contribution < -0.4 is 5.32 Å². The summed E-state index contributed by atoms with van der Waals surface area (Å²) in [4.78, 5) is 12.1. The van der Waals surface area contributed by atoms with Gasteiger partial charge in [-0.25, -0.2) is 4.39 Å². The van der Waals surface area contributed by atoms with Crippen molar-refractivity contribution >= 4 is 5.91 Å². The van der Waals surface area contributed by atoms with Gasteiger partial charge in [-0.1, -0.05) is 51.1 Å². The Morgan fingerprint density at radius 1 is 1.05 bits per heavy atom. The Balaban J connectivity index is 1.91. The largest absolute Gasteiger partial charge is 0.352 e. The van der Waals surface area contributed by atoms with Gasteiger partial charge in [0.25, 0.3) is 5.91 Å². The monoisotopic (exact) mass is 299 g/mol. The lowest BCUT2D eigenvalue weighted by Crippen LogP contribution is -2.26. The first kappa shape index (κ1) is 16.2. The van der Waals surface area contributed by atoms with E-state index in [9.17, 15) is 9.18 Å². The highest BCUT2D eigenvalue weighted by atomic mass is 19.1. The number of carbonyl (C=O) groups is 1. The van der Waals surface area contributed by atoms with Crippen molar-refractivity contribution in [1.29, 1.82) is 0 Å². The Bertz CT molecular complexity index is 641. The first-order valence-electron chi connectivity index (χ1n) is 7.50. The average Bonchev–Trinajstić information content (AvgIpc) is 2.48. The summed E-state index contributed by atoms with van der Waals surface area (Å²) in [6.45, 7) is 6.82. The molecule has 116 valence electrons. The molecule has 0 saturated carbocycles. The zero-order valence-electron chi connectivity index (χ0n) is 13.3. The van der Waals surface area contributed by atoms with Crippen LogP contribution >= 0.6 is 0 Å². The van der Waals surface area contributed by atoms with E-state index in [-0.39, 0.29) is 17.1 Å². The molecular weight excluding hydrogens is 277 g/mol. The van der Waals surface area contributed by atoms with E-state index in [1.54, 1.807) is 18.2 Å². The van der Waals surface area contributed by atoms with Crippen LogP contribution in [-0.4, -0.2) is 12.5 Å². The van der Waals surface area contributed by atoms with Gasteiger partial charge in [-0.3, -0.25) is 4.79 Å². The van der Waals surface area contributed by atoms with Crippen LogP contribution in [0.4, 0.5) is 4.39 Å². The minimum atomic E-state index is -0.230. The van der Waals surface area contributed by atoms with Crippen molar-refractivity contribution in [3.8, 4) is 0 Å². The predicted octanol–water partition coefficient (Wildman–Crippen LogP) is 4.10. The van der Waals surface area contributed by atoms with Gasteiger partial charge in [0, 0.05) is 12.1 Å². The molecule has 0 fully saturated rings. The van der Waals surface area contributed by atoms with E-state index >= 15 is 0 Å². The fraction of sp³-hybridized carbons (Fsp3) is 0.316. The van der Waals surface area contributed by atoms with Crippen LogP contribution in [0, 0.1) is 5.82 Å². The minimum Gasteiger partial charge on any atom is -0.352 e. The Morgan fingerprint density at radius 2 is 1.68 bits per heavy atom. The topological polar surface area (TPSA) is 29.1 Å². The summed E-state index contributed by atoms with van der Waals surface area (Å²) in [5.41, 5.74) is 2.50. The summed E-state index contributed by atoms with van der Waals surface area (Å²) < 4.78 is 13.5. The molecule has 0 saturated heterocycles. The molecule has 0 radical (unpaired) electrons. The van der Waals surface area contributed by atoms with Crippen LogP contribution in [0.5, 0.6) is 0 Å². The molecule has 0 heterocycles. The number of nitrogens with one attached hydrogen (secondary N) is 1. The van der Waals surface area contributed by atoms with Gasteiger partial charge in [0.05, 0.1) is 0 Å². The third kappa shape index (κ3) is 4.17. The molecule has 3 heteroatoms. The van der Waals surface area contributed by atoms with Crippen LogP contribution in [0.15, 0.2) is 48.5 Å². The Labute approximate surface area is 131 Å². The predicted molar refractivity (Wildman–Crippen MR) is 87.6 cm³/mol. The van der Waals surface area contributed by atoms with E-state index in [1.165, 1.54) is 11.6 Å². The number of carbonyl (C=O) groups excluding carboxylic acids is 1. The van der Waals surface area contributed by atoms with E-state index in [4.69, 9.17) is 0 Å². The van der Waals surface area contributed by atoms with Gasteiger partial charge in [-0.2, -0.15) is 0 Å². The van der Waals surface area contributed by atoms with Crippen LogP contribution in [0.2, 0.25) is 0 Å². The summed E-state index contributed by atoms with van der Waals surface area (Å²) >= 11 is 0. The fourth-order valence-corrected chi connectivity index (χ4v) is 2.24. The Kier molecular flexibility index (Phi) is 4.96. The van der Waals surface area contributed by atoms with Crippen molar-refractivity contribution in [2.75, 3.05) is 6.54 Å². The molecule has 22 heavy (non-hydrogen) atoms. The molecule has 2 aromatic carbocycles. The molecule has 2 rings (SSSR count). The van der Waals surface area contributed by atoms with Crippen LogP contribution in [0.25, 0.3) is 0 Å². The lowest BCUT2D eigenvalue weighted by molar-refractivity contribution is 0.0954. The van der Waals surface area contributed by atoms with Gasteiger partial charge in [-0.15, -0.1) is 0 Å². The van der Waals surface area contributed by atoms with E-state index in [0.29, 0.717) is 24.1 Å². The Morgan fingerprint density at radius 3 is 2.27 bits per heavy atom. The zero-order valence-corrected chi connectivity index (χ0v) is 13.3.